The van der Waals surface area contributed by atoms with Crippen molar-refractivity contribution >= 4 is 28.4 Å². The second-order valence-electron chi connectivity index (χ2n) is 6.64. The third kappa shape index (κ3) is 4.12. The van der Waals surface area contributed by atoms with E-state index >= 15 is 0 Å². The van der Waals surface area contributed by atoms with Crippen molar-refractivity contribution < 1.29 is 19.2 Å². The van der Waals surface area contributed by atoms with Crippen LogP contribution in [0.25, 0.3) is 10.9 Å². The summed E-state index contributed by atoms with van der Waals surface area (Å²) in [6.45, 7) is 2.25. The molecule has 0 bridgehead atoms. The molecule has 0 aliphatic heterocycles. The molecule has 8 nitrogen and oxygen atoms in total. The van der Waals surface area contributed by atoms with Gasteiger partial charge in [0.1, 0.15) is 12.9 Å². The highest BCUT2D eigenvalue weighted by Crippen LogP contribution is 2.35. The van der Waals surface area contributed by atoms with Crippen molar-refractivity contribution in [1.29, 1.82) is 0 Å². The summed E-state index contributed by atoms with van der Waals surface area (Å²) in [5.41, 5.74) is 14.1. The minimum atomic E-state index is -0.727. The highest BCUT2D eigenvalue weighted by molar-refractivity contribution is 6.47. The van der Waals surface area contributed by atoms with Crippen molar-refractivity contribution in [3.05, 3.63) is 65.4 Å². The van der Waals surface area contributed by atoms with Crippen molar-refractivity contribution in [2.45, 2.75) is 19.9 Å². The van der Waals surface area contributed by atoms with Gasteiger partial charge in [0.15, 0.2) is 12.3 Å². The number of primary amides is 2. The van der Waals surface area contributed by atoms with Gasteiger partial charge in [0.2, 0.25) is 0 Å². The van der Waals surface area contributed by atoms with Crippen LogP contribution in [0.1, 0.15) is 23.7 Å². The molecule has 0 spiro atoms. The number of amides is 2. The van der Waals surface area contributed by atoms with Crippen molar-refractivity contribution in [3.8, 4) is 5.75 Å². The number of rotatable bonds is 9. The van der Waals surface area contributed by atoms with Crippen molar-refractivity contribution in [1.82, 2.24) is 4.57 Å². The zero-order valence-electron chi connectivity index (χ0n) is 16.9. The normalized spacial score (nSPS) is 11.5. The van der Waals surface area contributed by atoms with E-state index in [9.17, 15) is 9.59 Å². The Kier molecular flexibility index (Phi) is 6.36. The van der Waals surface area contributed by atoms with Gasteiger partial charge >= 0.3 is 0 Å². The van der Waals surface area contributed by atoms with Crippen LogP contribution in [0.4, 0.5) is 0 Å². The molecule has 4 N–H and O–H groups in total. The number of nitrogens with two attached hydrogens (primary N) is 2. The summed E-state index contributed by atoms with van der Waals surface area (Å²) in [4.78, 5) is 28.4. The molecule has 0 aliphatic carbocycles. The average Bonchev–Trinajstić information content (AvgIpc) is 3.04. The van der Waals surface area contributed by atoms with E-state index in [2.05, 4.69) is 9.72 Å². The van der Waals surface area contributed by atoms with Crippen LogP contribution in [0.3, 0.4) is 0 Å². The summed E-state index contributed by atoms with van der Waals surface area (Å²) in [5, 5.41) is 4.52. The molecule has 3 aromatic rings. The number of hydrogen-bond acceptors (Lipinski definition) is 5. The van der Waals surface area contributed by atoms with Crippen LogP contribution in [0, 0.1) is 0 Å². The molecular formula is C22H24N4O4. The SMILES string of the molecule is CCc1c(C(=NOC)C(N)=O)c2c(OCC(N)=O)cccc2n1Cc1ccccc1. The third-order valence-corrected chi connectivity index (χ3v) is 4.70. The predicted molar refractivity (Wildman–Crippen MR) is 114 cm³/mol. The number of fused-ring (bicyclic) bond motifs is 1. The van der Waals surface area contributed by atoms with Crippen LogP contribution in [0.15, 0.2) is 53.7 Å². The van der Waals surface area contributed by atoms with E-state index in [0.29, 0.717) is 29.7 Å². The molecule has 1 heterocycles. The molecule has 0 aliphatic rings. The van der Waals surface area contributed by atoms with Crippen LogP contribution in [0.2, 0.25) is 0 Å². The first-order chi connectivity index (χ1) is 14.5. The van der Waals surface area contributed by atoms with E-state index in [1.807, 2.05) is 49.4 Å². The number of aromatic nitrogens is 1. The van der Waals surface area contributed by atoms with Crippen LogP contribution < -0.4 is 16.2 Å². The average molecular weight is 408 g/mol. The van der Waals surface area contributed by atoms with Gasteiger partial charge in [-0.15, -0.1) is 0 Å². The first-order valence-corrected chi connectivity index (χ1v) is 9.48. The fourth-order valence-corrected chi connectivity index (χ4v) is 3.56. The number of hydrogen-bond donors (Lipinski definition) is 2. The van der Waals surface area contributed by atoms with Crippen LogP contribution in [0.5, 0.6) is 5.75 Å². The van der Waals surface area contributed by atoms with Gasteiger partial charge in [-0.05, 0) is 24.1 Å². The fourth-order valence-electron chi connectivity index (χ4n) is 3.56. The first kappa shape index (κ1) is 20.9. The van der Waals surface area contributed by atoms with Crippen LogP contribution in [-0.2, 0) is 27.4 Å². The standard InChI is InChI=1S/C22H24N4O4/c1-3-15-20(21(22(24)28)25-29-2)19-16(10-7-11-17(19)30-13-18(23)27)26(15)12-14-8-5-4-6-9-14/h4-11H,3,12-13H2,1-2H3,(H2,23,27)(H2,24,28). The summed E-state index contributed by atoms with van der Waals surface area (Å²) in [7, 11) is 1.35. The second kappa shape index (κ2) is 9.13. The van der Waals surface area contributed by atoms with Crippen molar-refractivity contribution in [3.63, 3.8) is 0 Å². The molecule has 1 aromatic heterocycles. The zero-order chi connectivity index (χ0) is 21.7. The predicted octanol–water partition coefficient (Wildman–Crippen LogP) is 1.95. The molecule has 0 radical (unpaired) electrons. The minimum Gasteiger partial charge on any atom is -0.483 e. The Morgan fingerprint density at radius 3 is 2.40 bits per heavy atom. The summed E-state index contributed by atoms with van der Waals surface area (Å²) in [6, 6.07) is 15.4. The molecule has 0 atom stereocenters. The van der Waals surface area contributed by atoms with Crippen molar-refractivity contribution in [2.75, 3.05) is 13.7 Å². The molecule has 2 amide bonds. The van der Waals surface area contributed by atoms with E-state index in [1.165, 1.54) is 7.11 Å². The number of ether oxygens (including phenoxy) is 1. The summed E-state index contributed by atoms with van der Waals surface area (Å²) < 4.78 is 7.75. The molecule has 0 saturated carbocycles. The molecule has 0 saturated heterocycles. The first-order valence-electron chi connectivity index (χ1n) is 9.48. The molecule has 2 aromatic carbocycles. The van der Waals surface area contributed by atoms with Gasteiger partial charge in [0.25, 0.3) is 11.8 Å². The lowest BCUT2D eigenvalue weighted by Crippen LogP contribution is -2.26. The fraction of sp³-hybridized carbons (Fsp3) is 0.227. The maximum Gasteiger partial charge on any atom is 0.271 e. The van der Waals surface area contributed by atoms with Gasteiger partial charge in [-0.1, -0.05) is 48.5 Å². The molecule has 0 fully saturated rings. The number of carbonyl (C=O) groups excluding carboxylic acids is 2. The maximum atomic E-state index is 12.2. The Hall–Kier alpha value is -3.81. The van der Waals surface area contributed by atoms with E-state index in [-0.39, 0.29) is 12.3 Å². The number of benzene rings is 2. The van der Waals surface area contributed by atoms with Crippen LogP contribution in [-0.4, -0.2) is 35.8 Å². The molecule has 156 valence electrons. The Labute approximate surface area is 174 Å². The van der Waals surface area contributed by atoms with E-state index < -0.39 is 11.8 Å². The van der Waals surface area contributed by atoms with Crippen LogP contribution >= 0.6 is 0 Å². The Morgan fingerprint density at radius 2 is 1.80 bits per heavy atom. The Bertz CT molecular complexity index is 1100. The lowest BCUT2D eigenvalue weighted by Gasteiger charge is -2.11. The van der Waals surface area contributed by atoms with Crippen molar-refractivity contribution in [2.24, 2.45) is 16.6 Å². The van der Waals surface area contributed by atoms with E-state index in [0.717, 1.165) is 16.8 Å². The quantitative estimate of drug-likeness (QED) is 0.415. The van der Waals surface area contributed by atoms with Gasteiger partial charge in [-0.25, -0.2) is 0 Å². The lowest BCUT2D eigenvalue weighted by atomic mass is 10.0. The smallest absolute Gasteiger partial charge is 0.271 e. The second-order valence-corrected chi connectivity index (χ2v) is 6.64. The van der Waals surface area contributed by atoms with E-state index in [4.69, 9.17) is 21.0 Å². The van der Waals surface area contributed by atoms with Gasteiger partial charge < -0.3 is 25.6 Å². The largest absolute Gasteiger partial charge is 0.483 e. The molecule has 3 rings (SSSR count). The van der Waals surface area contributed by atoms with Gasteiger partial charge in [0, 0.05) is 17.8 Å². The van der Waals surface area contributed by atoms with Gasteiger partial charge in [-0.3, -0.25) is 9.59 Å². The zero-order valence-corrected chi connectivity index (χ0v) is 16.9. The third-order valence-electron chi connectivity index (χ3n) is 4.70. The Morgan fingerprint density at radius 1 is 1.07 bits per heavy atom. The Balaban J connectivity index is 2.33. The topological polar surface area (TPSA) is 122 Å². The van der Waals surface area contributed by atoms with E-state index in [1.54, 1.807) is 6.07 Å². The summed E-state index contributed by atoms with van der Waals surface area (Å²) in [5.74, 6) is -0.920. The highest BCUT2D eigenvalue weighted by Gasteiger charge is 2.26. The molecule has 8 heteroatoms. The number of oxime groups is 1. The summed E-state index contributed by atoms with van der Waals surface area (Å²) >= 11 is 0. The number of nitrogens with zero attached hydrogens (tertiary/aromatic N) is 2. The van der Waals surface area contributed by atoms with Gasteiger partial charge in [-0.2, -0.15) is 0 Å². The number of carbonyl (C=O) groups is 2. The monoisotopic (exact) mass is 408 g/mol. The summed E-state index contributed by atoms with van der Waals surface area (Å²) in [6.07, 6.45) is 0.599. The maximum absolute atomic E-state index is 12.2. The molecule has 30 heavy (non-hydrogen) atoms. The molecular weight excluding hydrogens is 384 g/mol. The lowest BCUT2D eigenvalue weighted by molar-refractivity contribution is -0.120. The highest BCUT2D eigenvalue weighted by atomic mass is 16.6. The van der Waals surface area contributed by atoms with Gasteiger partial charge in [0.05, 0.1) is 10.9 Å². The minimum absolute atomic E-state index is 0.0127. The molecule has 0 unspecified atom stereocenters.